The van der Waals surface area contributed by atoms with Gasteiger partial charge in [-0.15, -0.1) is 0 Å². The van der Waals surface area contributed by atoms with Crippen LogP contribution in [0.25, 0.3) is 0 Å². The summed E-state index contributed by atoms with van der Waals surface area (Å²) < 4.78 is 18.6. The van der Waals surface area contributed by atoms with E-state index in [0.29, 0.717) is 13.2 Å². The van der Waals surface area contributed by atoms with E-state index in [-0.39, 0.29) is 11.7 Å². The number of hydrogen-bond acceptors (Lipinski definition) is 4. The molecule has 1 aromatic carbocycles. The first-order chi connectivity index (χ1) is 12.8. The lowest BCUT2D eigenvalue weighted by Crippen LogP contribution is -2.57. The zero-order chi connectivity index (χ0) is 18.5. The third kappa shape index (κ3) is 6.90. The number of unbranched alkanes of at least 4 members (excludes halogenated alkanes) is 5. The second-order valence-corrected chi connectivity index (χ2v) is 7.18. The molecule has 1 N–H and O–H groups in total. The standard InChI is InChI=1S/C22H37NO3/c1-3-5-6-7-8-12-15-22(26-4-2,21-18-23-16-17-24-21)19-25-20-13-10-9-11-14-20/h9-11,13-14,21,23H,3-8,12,15-19H2,1-2H3. The topological polar surface area (TPSA) is 39.7 Å². The minimum absolute atomic E-state index is 0.0376. The summed E-state index contributed by atoms with van der Waals surface area (Å²) in [6.45, 7) is 8.01. The highest BCUT2D eigenvalue weighted by atomic mass is 16.6. The van der Waals surface area contributed by atoms with Crippen molar-refractivity contribution in [3.05, 3.63) is 30.3 Å². The van der Waals surface area contributed by atoms with Crippen molar-refractivity contribution < 1.29 is 14.2 Å². The molecule has 0 amide bonds. The van der Waals surface area contributed by atoms with Crippen molar-refractivity contribution in [1.82, 2.24) is 5.32 Å². The van der Waals surface area contributed by atoms with Gasteiger partial charge in [0.05, 0.1) is 6.61 Å². The van der Waals surface area contributed by atoms with Crippen LogP contribution in [0.3, 0.4) is 0 Å². The second-order valence-electron chi connectivity index (χ2n) is 7.18. The highest BCUT2D eigenvalue weighted by Gasteiger charge is 2.42. The van der Waals surface area contributed by atoms with Crippen LogP contribution < -0.4 is 10.1 Å². The molecule has 0 aromatic heterocycles. The first-order valence-electron chi connectivity index (χ1n) is 10.4. The van der Waals surface area contributed by atoms with Gasteiger partial charge in [-0.3, -0.25) is 0 Å². The number of morpholine rings is 1. The van der Waals surface area contributed by atoms with Gasteiger partial charge in [0.25, 0.3) is 0 Å². The predicted octanol–water partition coefficient (Wildman–Crippen LogP) is 4.58. The molecule has 1 heterocycles. The Kier molecular flexibility index (Phi) is 10.0. The average Bonchev–Trinajstić information content (AvgIpc) is 2.70. The van der Waals surface area contributed by atoms with Crippen LogP contribution in [0.4, 0.5) is 0 Å². The average molecular weight is 364 g/mol. The molecule has 1 aromatic rings. The smallest absolute Gasteiger partial charge is 0.129 e. The molecule has 0 radical (unpaired) electrons. The summed E-state index contributed by atoms with van der Waals surface area (Å²) in [5.74, 6) is 0.892. The largest absolute Gasteiger partial charge is 0.490 e. The molecule has 0 bridgehead atoms. The van der Waals surface area contributed by atoms with Crippen molar-refractivity contribution >= 4 is 0 Å². The van der Waals surface area contributed by atoms with Crippen LogP contribution in [0.5, 0.6) is 5.75 Å². The van der Waals surface area contributed by atoms with Crippen LogP contribution in [0.2, 0.25) is 0 Å². The van der Waals surface area contributed by atoms with Crippen molar-refractivity contribution in [2.45, 2.75) is 70.5 Å². The Morgan fingerprint density at radius 2 is 1.85 bits per heavy atom. The summed E-state index contributed by atoms with van der Waals surface area (Å²) in [4.78, 5) is 0. The number of ether oxygens (including phenoxy) is 3. The van der Waals surface area contributed by atoms with E-state index in [1.165, 1.54) is 32.1 Å². The SMILES string of the molecule is CCCCCCCCC(COc1ccccc1)(OCC)C1CNCCO1. The Hall–Kier alpha value is -1.10. The maximum Gasteiger partial charge on any atom is 0.129 e. The fraction of sp³-hybridized carbons (Fsp3) is 0.727. The van der Waals surface area contributed by atoms with Crippen molar-refractivity contribution in [2.75, 3.05) is 32.9 Å². The third-order valence-electron chi connectivity index (χ3n) is 5.13. The lowest BCUT2D eigenvalue weighted by molar-refractivity contribution is -0.170. The summed E-state index contributed by atoms with van der Waals surface area (Å²) in [7, 11) is 0. The van der Waals surface area contributed by atoms with Gasteiger partial charge >= 0.3 is 0 Å². The van der Waals surface area contributed by atoms with E-state index in [1.54, 1.807) is 0 Å². The minimum atomic E-state index is -0.386. The molecule has 1 fully saturated rings. The van der Waals surface area contributed by atoms with Crippen LogP contribution in [-0.4, -0.2) is 44.6 Å². The zero-order valence-corrected chi connectivity index (χ0v) is 16.7. The third-order valence-corrected chi connectivity index (χ3v) is 5.13. The van der Waals surface area contributed by atoms with Crippen molar-refractivity contribution in [3.63, 3.8) is 0 Å². The second kappa shape index (κ2) is 12.3. The maximum atomic E-state index is 6.33. The number of nitrogens with one attached hydrogen (secondary N) is 1. The Balaban J connectivity index is 1.98. The summed E-state index contributed by atoms with van der Waals surface area (Å²) in [6, 6.07) is 10.0. The van der Waals surface area contributed by atoms with E-state index in [0.717, 1.165) is 38.3 Å². The molecule has 0 spiro atoms. The van der Waals surface area contributed by atoms with E-state index >= 15 is 0 Å². The van der Waals surface area contributed by atoms with Crippen LogP contribution in [0.1, 0.15) is 58.8 Å². The summed E-state index contributed by atoms with van der Waals surface area (Å²) >= 11 is 0. The Labute approximate surface area is 159 Å². The Morgan fingerprint density at radius 3 is 2.54 bits per heavy atom. The van der Waals surface area contributed by atoms with Crippen molar-refractivity contribution in [2.24, 2.45) is 0 Å². The van der Waals surface area contributed by atoms with E-state index in [1.807, 2.05) is 30.3 Å². The molecule has 1 aliphatic heterocycles. The zero-order valence-electron chi connectivity index (χ0n) is 16.7. The van der Waals surface area contributed by atoms with Crippen molar-refractivity contribution in [1.29, 1.82) is 0 Å². The van der Waals surface area contributed by atoms with Gasteiger partial charge in [-0.1, -0.05) is 63.6 Å². The monoisotopic (exact) mass is 363 g/mol. The number of para-hydroxylation sites is 1. The Bertz CT molecular complexity index is 462. The van der Waals surface area contributed by atoms with Crippen LogP contribution in [-0.2, 0) is 9.47 Å². The van der Waals surface area contributed by atoms with Gasteiger partial charge in [0.1, 0.15) is 24.1 Å². The van der Waals surface area contributed by atoms with Gasteiger partial charge in [0, 0.05) is 19.7 Å². The molecule has 1 aliphatic rings. The highest BCUT2D eigenvalue weighted by Crippen LogP contribution is 2.29. The normalized spacial score (nSPS) is 19.8. The number of hydrogen-bond donors (Lipinski definition) is 1. The lowest BCUT2D eigenvalue weighted by Gasteiger charge is -2.42. The number of rotatable bonds is 13. The fourth-order valence-corrected chi connectivity index (χ4v) is 3.65. The maximum absolute atomic E-state index is 6.33. The van der Waals surface area contributed by atoms with Crippen LogP contribution in [0.15, 0.2) is 30.3 Å². The van der Waals surface area contributed by atoms with Gasteiger partial charge in [0.15, 0.2) is 0 Å². The lowest BCUT2D eigenvalue weighted by atomic mass is 9.89. The first-order valence-corrected chi connectivity index (χ1v) is 10.4. The van der Waals surface area contributed by atoms with E-state index in [9.17, 15) is 0 Å². The molecule has 0 aliphatic carbocycles. The van der Waals surface area contributed by atoms with Gasteiger partial charge in [-0.05, 0) is 25.5 Å². The van der Waals surface area contributed by atoms with E-state index in [4.69, 9.17) is 14.2 Å². The summed E-state index contributed by atoms with van der Waals surface area (Å²) in [5.41, 5.74) is -0.386. The van der Waals surface area contributed by atoms with Gasteiger partial charge in [-0.25, -0.2) is 0 Å². The van der Waals surface area contributed by atoms with Gasteiger partial charge < -0.3 is 19.5 Å². The minimum Gasteiger partial charge on any atom is -0.490 e. The molecule has 4 nitrogen and oxygen atoms in total. The fourth-order valence-electron chi connectivity index (χ4n) is 3.65. The molecule has 0 saturated carbocycles. The van der Waals surface area contributed by atoms with E-state index < -0.39 is 0 Å². The molecule has 1 saturated heterocycles. The molecule has 148 valence electrons. The number of benzene rings is 1. The van der Waals surface area contributed by atoms with Gasteiger partial charge in [-0.2, -0.15) is 0 Å². The van der Waals surface area contributed by atoms with Gasteiger partial charge in [0.2, 0.25) is 0 Å². The quantitative estimate of drug-likeness (QED) is 0.521. The molecule has 2 rings (SSSR count). The van der Waals surface area contributed by atoms with Crippen LogP contribution in [0, 0.1) is 0 Å². The molecule has 26 heavy (non-hydrogen) atoms. The highest BCUT2D eigenvalue weighted by molar-refractivity contribution is 5.21. The Morgan fingerprint density at radius 1 is 1.08 bits per heavy atom. The molecular formula is C22H37NO3. The summed E-state index contributed by atoms with van der Waals surface area (Å²) in [6.07, 6.45) is 8.68. The summed E-state index contributed by atoms with van der Waals surface area (Å²) in [5, 5.41) is 3.45. The molecular weight excluding hydrogens is 326 g/mol. The first kappa shape index (κ1) is 21.2. The predicted molar refractivity (Wildman–Crippen MR) is 107 cm³/mol. The van der Waals surface area contributed by atoms with Crippen molar-refractivity contribution in [3.8, 4) is 5.75 Å². The molecule has 2 atom stereocenters. The molecule has 4 heteroatoms. The van der Waals surface area contributed by atoms with E-state index in [2.05, 4.69) is 19.2 Å². The molecule has 2 unspecified atom stereocenters. The van der Waals surface area contributed by atoms with Crippen LogP contribution >= 0.6 is 0 Å².